The maximum absolute atomic E-state index is 11.9. The number of carbonyl (C=O) groups excluding carboxylic acids is 1. The number of nitrogens with one attached hydrogen (secondary N) is 3. The van der Waals surface area contributed by atoms with E-state index in [1.165, 1.54) is 0 Å². The van der Waals surface area contributed by atoms with Crippen LogP contribution in [0.3, 0.4) is 0 Å². The Hall–Kier alpha value is -2.48. The van der Waals surface area contributed by atoms with Crippen LogP contribution >= 0.6 is 0 Å². The van der Waals surface area contributed by atoms with Gasteiger partial charge in [-0.15, -0.1) is 6.42 Å². The third-order valence-electron chi connectivity index (χ3n) is 2.53. The van der Waals surface area contributed by atoms with Gasteiger partial charge in [-0.2, -0.15) is 0 Å². The van der Waals surface area contributed by atoms with Crippen LogP contribution in [0.2, 0.25) is 0 Å². The molecule has 100 valence electrons. The molecule has 0 aliphatic carbocycles. The zero-order chi connectivity index (χ0) is 14.3. The molecule has 1 aromatic carbocycles. The highest BCUT2D eigenvalue weighted by molar-refractivity contribution is 6.03. The standard InChI is InChI=1S/C14H18N4O/c1-5-9-16-13(15-4)18-14(19)17-12-10(2)7-6-8-11(12)3/h1,6-8H,9H2,2-4H3,(H3,15,16,17,18,19). The fourth-order valence-corrected chi connectivity index (χ4v) is 1.58. The highest BCUT2D eigenvalue weighted by atomic mass is 16.2. The van der Waals surface area contributed by atoms with E-state index < -0.39 is 0 Å². The fourth-order valence-electron chi connectivity index (χ4n) is 1.58. The zero-order valence-electron chi connectivity index (χ0n) is 11.4. The Balaban J connectivity index is 2.68. The summed E-state index contributed by atoms with van der Waals surface area (Å²) in [4.78, 5) is 15.7. The Bertz CT molecular complexity index is 508. The van der Waals surface area contributed by atoms with Gasteiger partial charge in [0.25, 0.3) is 0 Å². The molecule has 1 rings (SSSR count). The van der Waals surface area contributed by atoms with E-state index in [1.807, 2.05) is 32.0 Å². The largest absolute Gasteiger partial charge is 0.345 e. The molecule has 3 N–H and O–H groups in total. The summed E-state index contributed by atoms with van der Waals surface area (Å²) in [6.45, 7) is 4.18. The van der Waals surface area contributed by atoms with Crippen LogP contribution in [0.25, 0.3) is 0 Å². The van der Waals surface area contributed by atoms with Crippen LogP contribution in [0, 0.1) is 26.2 Å². The molecule has 5 nitrogen and oxygen atoms in total. The second-order valence-electron chi connectivity index (χ2n) is 3.98. The minimum Gasteiger partial charge on any atom is -0.345 e. The van der Waals surface area contributed by atoms with Gasteiger partial charge in [0.2, 0.25) is 0 Å². The smallest absolute Gasteiger partial charge is 0.326 e. The van der Waals surface area contributed by atoms with Crippen molar-refractivity contribution in [2.75, 3.05) is 18.9 Å². The van der Waals surface area contributed by atoms with Crippen LogP contribution in [0.1, 0.15) is 11.1 Å². The number of guanidine groups is 1. The van der Waals surface area contributed by atoms with Gasteiger partial charge in [-0.3, -0.25) is 10.3 Å². The van der Waals surface area contributed by atoms with Crippen molar-refractivity contribution in [3.63, 3.8) is 0 Å². The molecule has 2 amide bonds. The molecule has 5 heteroatoms. The maximum Gasteiger partial charge on any atom is 0.326 e. The van der Waals surface area contributed by atoms with Gasteiger partial charge in [-0.05, 0) is 25.0 Å². The van der Waals surface area contributed by atoms with Crippen LogP contribution in [-0.2, 0) is 0 Å². The maximum atomic E-state index is 11.9. The van der Waals surface area contributed by atoms with Crippen LogP contribution in [0.5, 0.6) is 0 Å². The van der Waals surface area contributed by atoms with E-state index in [0.29, 0.717) is 12.5 Å². The van der Waals surface area contributed by atoms with Gasteiger partial charge >= 0.3 is 6.03 Å². The predicted molar refractivity (Wildman–Crippen MR) is 78.3 cm³/mol. The number of para-hydroxylation sites is 1. The molecule has 0 aliphatic heterocycles. The van der Waals surface area contributed by atoms with Crippen molar-refractivity contribution < 1.29 is 4.79 Å². The Morgan fingerprint density at radius 3 is 2.53 bits per heavy atom. The van der Waals surface area contributed by atoms with Gasteiger partial charge in [-0.25, -0.2) is 4.79 Å². The molecular formula is C14H18N4O. The molecule has 0 heterocycles. The summed E-state index contributed by atoms with van der Waals surface area (Å²) in [6.07, 6.45) is 5.13. The summed E-state index contributed by atoms with van der Waals surface area (Å²) in [6, 6.07) is 5.46. The third-order valence-corrected chi connectivity index (χ3v) is 2.53. The van der Waals surface area contributed by atoms with E-state index in [1.54, 1.807) is 7.05 Å². The first kappa shape index (κ1) is 14.6. The SMILES string of the molecule is C#CCNC(=NC)NC(=O)Nc1c(C)cccc1C. The Morgan fingerprint density at radius 1 is 1.37 bits per heavy atom. The first-order chi connectivity index (χ1) is 9.08. The molecule has 19 heavy (non-hydrogen) atoms. The summed E-state index contributed by atoms with van der Waals surface area (Å²) in [5, 5.41) is 8.20. The first-order valence-corrected chi connectivity index (χ1v) is 5.86. The second-order valence-corrected chi connectivity index (χ2v) is 3.98. The van der Waals surface area contributed by atoms with Crippen molar-refractivity contribution in [2.24, 2.45) is 4.99 Å². The summed E-state index contributed by atoms with van der Waals surface area (Å²) < 4.78 is 0. The number of aryl methyl sites for hydroxylation is 2. The number of nitrogens with zero attached hydrogens (tertiary/aromatic N) is 1. The van der Waals surface area contributed by atoms with Crippen molar-refractivity contribution >= 4 is 17.7 Å². The molecule has 0 fully saturated rings. The normalized spacial score (nSPS) is 10.5. The number of amides is 2. The molecule has 1 aromatic rings. The fraction of sp³-hybridized carbons (Fsp3) is 0.286. The number of hydrogen-bond donors (Lipinski definition) is 3. The summed E-state index contributed by atoms with van der Waals surface area (Å²) >= 11 is 0. The van der Waals surface area contributed by atoms with Crippen LogP contribution in [-0.4, -0.2) is 25.6 Å². The van der Waals surface area contributed by atoms with Gasteiger partial charge in [-0.1, -0.05) is 24.1 Å². The van der Waals surface area contributed by atoms with E-state index in [4.69, 9.17) is 6.42 Å². The number of rotatable bonds is 2. The number of urea groups is 1. The number of terminal acetylenes is 1. The van der Waals surface area contributed by atoms with E-state index in [0.717, 1.165) is 16.8 Å². The number of benzene rings is 1. The van der Waals surface area contributed by atoms with E-state index >= 15 is 0 Å². The minimum absolute atomic E-state index is 0.302. The molecule has 0 saturated heterocycles. The topological polar surface area (TPSA) is 65.5 Å². The highest BCUT2D eigenvalue weighted by Gasteiger charge is 2.08. The average Bonchev–Trinajstić information content (AvgIpc) is 2.39. The lowest BCUT2D eigenvalue weighted by Gasteiger charge is -2.13. The lowest BCUT2D eigenvalue weighted by Crippen LogP contribution is -2.43. The summed E-state index contributed by atoms with van der Waals surface area (Å²) in [5.74, 6) is 2.74. The Kier molecular flexibility index (Phi) is 5.42. The molecule has 0 atom stereocenters. The van der Waals surface area contributed by atoms with E-state index in [-0.39, 0.29) is 6.03 Å². The minimum atomic E-state index is -0.359. The molecular weight excluding hydrogens is 240 g/mol. The van der Waals surface area contributed by atoms with Crippen molar-refractivity contribution in [3.8, 4) is 12.3 Å². The van der Waals surface area contributed by atoms with E-state index in [9.17, 15) is 4.79 Å². The van der Waals surface area contributed by atoms with Gasteiger partial charge < -0.3 is 10.6 Å². The van der Waals surface area contributed by atoms with Gasteiger partial charge in [0.15, 0.2) is 5.96 Å². The monoisotopic (exact) mass is 258 g/mol. The highest BCUT2D eigenvalue weighted by Crippen LogP contribution is 2.18. The molecule has 0 unspecified atom stereocenters. The number of hydrogen-bond acceptors (Lipinski definition) is 2. The van der Waals surface area contributed by atoms with Crippen LogP contribution in [0.4, 0.5) is 10.5 Å². The second kappa shape index (κ2) is 7.07. The molecule has 0 aromatic heterocycles. The Labute approximate surface area is 113 Å². The lowest BCUT2D eigenvalue weighted by molar-refractivity contribution is 0.256. The third kappa shape index (κ3) is 4.36. The lowest BCUT2D eigenvalue weighted by atomic mass is 10.1. The molecule has 0 saturated carbocycles. The molecule has 0 radical (unpaired) electrons. The molecule has 0 spiro atoms. The average molecular weight is 258 g/mol. The molecule has 0 bridgehead atoms. The number of aliphatic imine (C=N–C) groups is 1. The van der Waals surface area contributed by atoms with Crippen LogP contribution < -0.4 is 16.0 Å². The van der Waals surface area contributed by atoms with Crippen molar-refractivity contribution in [1.29, 1.82) is 0 Å². The molecule has 0 aliphatic rings. The van der Waals surface area contributed by atoms with Crippen LogP contribution in [0.15, 0.2) is 23.2 Å². The van der Waals surface area contributed by atoms with Gasteiger partial charge in [0.1, 0.15) is 0 Å². The Morgan fingerprint density at radius 2 is 2.00 bits per heavy atom. The van der Waals surface area contributed by atoms with Crippen molar-refractivity contribution in [2.45, 2.75) is 13.8 Å². The predicted octanol–water partition coefficient (Wildman–Crippen LogP) is 1.63. The van der Waals surface area contributed by atoms with Crippen molar-refractivity contribution in [3.05, 3.63) is 29.3 Å². The number of carbonyl (C=O) groups is 1. The van der Waals surface area contributed by atoms with E-state index in [2.05, 4.69) is 26.9 Å². The van der Waals surface area contributed by atoms with Crippen molar-refractivity contribution in [1.82, 2.24) is 10.6 Å². The summed E-state index contributed by atoms with van der Waals surface area (Å²) in [5.41, 5.74) is 2.80. The number of anilines is 1. The van der Waals surface area contributed by atoms with Gasteiger partial charge in [0, 0.05) is 12.7 Å². The summed E-state index contributed by atoms with van der Waals surface area (Å²) in [7, 11) is 1.57. The first-order valence-electron chi connectivity index (χ1n) is 5.86. The zero-order valence-corrected chi connectivity index (χ0v) is 11.4. The quantitative estimate of drug-likeness (QED) is 0.429. The van der Waals surface area contributed by atoms with Gasteiger partial charge in [0.05, 0.1) is 6.54 Å².